The fourth-order valence-electron chi connectivity index (χ4n) is 0.0938. The molecule has 2 nitrogen and oxygen atoms in total. The predicted molar refractivity (Wildman–Crippen MR) is 30.2 cm³/mol. The third-order valence-corrected chi connectivity index (χ3v) is 0.815. The van der Waals surface area contributed by atoms with Crippen LogP contribution in [0.2, 0.25) is 0 Å². The second kappa shape index (κ2) is 3.07. The third-order valence-electron chi connectivity index (χ3n) is 0.441. The molecule has 0 aliphatic heterocycles. The molecule has 0 aromatic rings. The Morgan fingerprint density at radius 1 is 2.00 bits per heavy atom. The minimum absolute atomic E-state index is 0.308. The van der Waals surface area contributed by atoms with Crippen molar-refractivity contribution in [2.24, 2.45) is 0 Å². The summed E-state index contributed by atoms with van der Waals surface area (Å²) < 4.78 is 3.83. The van der Waals surface area contributed by atoms with Gasteiger partial charge < -0.3 is 4.65 Å². The number of carbonyl (C=O) groups is 1. The molecule has 1 atom stereocenters. The Morgan fingerprint density at radius 3 is 2.43 bits per heavy atom. The second-order valence-electron chi connectivity index (χ2n) is 1.05. The number of alkyl halides is 1. The van der Waals surface area contributed by atoms with Gasteiger partial charge in [-0.05, 0) is 6.92 Å². The largest absolute Gasteiger partial charge is 0.543 e. The van der Waals surface area contributed by atoms with Gasteiger partial charge in [-0.3, -0.25) is 4.79 Å². The SMILES string of the molecule is [B]OC(=O)C(C)Br. The predicted octanol–water partition coefficient (Wildman–Crippen LogP) is 0.396. The lowest BCUT2D eigenvalue weighted by Crippen LogP contribution is -2.11. The van der Waals surface area contributed by atoms with Crippen molar-refractivity contribution in [2.45, 2.75) is 11.8 Å². The number of carbonyl (C=O) groups excluding carboxylic acids is 1. The van der Waals surface area contributed by atoms with Gasteiger partial charge in [-0.2, -0.15) is 0 Å². The van der Waals surface area contributed by atoms with E-state index in [2.05, 4.69) is 28.6 Å². The van der Waals surface area contributed by atoms with Crippen LogP contribution >= 0.6 is 15.9 Å². The van der Waals surface area contributed by atoms with Gasteiger partial charge in [0, 0.05) is 0 Å². The first-order chi connectivity index (χ1) is 3.18. The second-order valence-corrected chi connectivity index (χ2v) is 2.43. The summed E-state index contributed by atoms with van der Waals surface area (Å²) in [6.07, 6.45) is 0. The maximum atomic E-state index is 10.1. The van der Waals surface area contributed by atoms with Crippen LogP contribution in [0.5, 0.6) is 0 Å². The minimum atomic E-state index is -0.458. The van der Waals surface area contributed by atoms with Crippen LogP contribution in [0.1, 0.15) is 6.92 Å². The molecule has 0 saturated heterocycles. The molecule has 0 fully saturated rings. The Bertz CT molecular complexity index is 73.3. The van der Waals surface area contributed by atoms with Crippen LogP contribution in [-0.4, -0.2) is 18.8 Å². The molecular weight excluding hydrogens is 159 g/mol. The lowest BCUT2D eigenvalue weighted by atomic mass is 10.5. The van der Waals surface area contributed by atoms with Crippen LogP contribution in [-0.2, 0) is 9.45 Å². The summed E-state index contributed by atoms with van der Waals surface area (Å²) in [7, 11) is 4.49. The standard InChI is InChI=1S/C3H4BBrO2/c1-2(5)3(6)7-4/h2H,1H3. The maximum absolute atomic E-state index is 10.1. The molecule has 0 aromatic carbocycles. The molecule has 2 radical (unpaired) electrons. The molecule has 0 N–H and O–H groups in total. The van der Waals surface area contributed by atoms with E-state index in [-0.39, 0.29) is 4.83 Å². The molecule has 1 unspecified atom stereocenters. The Kier molecular flexibility index (Phi) is 3.08. The van der Waals surface area contributed by atoms with Crippen molar-refractivity contribution in [3.05, 3.63) is 0 Å². The van der Waals surface area contributed by atoms with E-state index in [1.807, 2.05) is 0 Å². The first kappa shape index (κ1) is 7.01. The van der Waals surface area contributed by atoms with Crippen LogP contribution in [0, 0.1) is 0 Å². The molecule has 0 heterocycles. The van der Waals surface area contributed by atoms with Gasteiger partial charge in [0.1, 0.15) is 4.83 Å². The average molecular weight is 163 g/mol. The normalized spacial score (nSPS) is 12.9. The number of hydrogen-bond donors (Lipinski definition) is 0. The first-order valence-electron chi connectivity index (χ1n) is 1.73. The van der Waals surface area contributed by atoms with E-state index in [0.717, 1.165) is 0 Å². The zero-order chi connectivity index (χ0) is 5.86. The van der Waals surface area contributed by atoms with Crippen LogP contribution in [0.3, 0.4) is 0 Å². The summed E-state index contributed by atoms with van der Waals surface area (Å²) in [5.74, 6) is -0.458. The van der Waals surface area contributed by atoms with Gasteiger partial charge in [-0.1, -0.05) is 15.9 Å². The van der Waals surface area contributed by atoms with Gasteiger partial charge >= 0.3 is 14.0 Å². The third kappa shape index (κ3) is 2.68. The van der Waals surface area contributed by atoms with Crippen LogP contribution in [0.25, 0.3) is 0 Å². The molecule has 0 spiro atoms. The number of halogens is 1. The Balaban J connectivity index is 3.35. The summed E-state index contributed by atoms with van der Waals surface area (Å²) in [6, 6.07) is 0. The first-order valence-corrected chi connectivity index (χ1v) is 2.64. The van der Waals surface area contributed by atoms with Crippen molar-refractivity contribution < 1.29 is 9.45 Å². The van der Waals surface area contributed by atoms with E-state index >= 15 is 0 Å². The molecule has 0 bridgehead atoms. The molecule has 0 saturated carbocycles. The van der Waals surface area contributed by atoms with Crippen molar-refractivity contribution in [3.63, 3.8) is 0 Å². The fraction of sp³-hybridized carbons (Fsp3) is 0.667. The molecule has 0 aromatic heterocycles. The van der Waals surface area contributed by atoms with Gasteiger partial charge in [0.25, 0.3) is 0 Å². The van der Waals surface area contributed by atoms with Crippen molar-refractivity contribution in [1.29, 1.82) is 0 Å². The molecule has 0 aliphatic carbocycles. The molecule has 38 valence electrons. The van der Waals surface area contributed by atoms with Crippen LogP contribution < -0.4 is 0 Å². The molecule has 0 rings (SSSR count). The Labute approximate surface area is 51.8 Å². The van der Waals surface area contributed by atoms with E-state index in [1.54, 1.807) is 6.92 Å². The van der Waals surface area contributed by atoms with Crippen LogP contribution in [0.15, 0.2) is 0 Å². The zero-order valence-corrected chi connectivity index (χ0v) is 5.44. The highest BCUT2D eigenvalue weighted by atomic mass is 79.9. The van der Waals surface area contributed by atoms with Crippen molar-refractivity contribution in [1.82, 2.24) is 0 Å². The lowest BCUT2D eigenvalue weighted by Gasteiger charge is -1.97. The van der Waals surface area contributed by atoms with Gasteiger partial charge in [-0.15, -0.1) is 0 Å². The van der Waals surface area contributed by atoms with E-state index in [9.17, 15) is 4.79 Å². The summed E-state index contributed by atoms with van der Waals surface area (Å²) >= 11 is 2.95. The lowest BCUT2D eigenvalue weighted by molar-refractivity contribution is -0.132. The Hall–Kier alpha value is 0.0149. The van der Waals surface area contributed by atoms with Crippen molar-refractivity contribution >= 4 is 29.9 Å². The zero-order valence-electron chi connectivity index (χ0n) is 3.85. The Morgan fingerprint density at radius 2 is 2.43 bits per heavy atom. The van der Waals surface area contributed by atoms with Gasteiger partial charge in [0.2, 0.25) is 0 Å². The van der Waals surface area contributed by atoms with E-state index < -0.39 is 5.97 Å². The molecule has 7 heavy (non-hydrogen) atoms. The molecular formula is C3H4BBrO2. The van der Waals surface area contributed by atoms with Gasteiger partial charge in [0.05, 0.1) is 0 Å². The quantitative estimate of drug-likeness (QED) is 0.412. The van der Waals surface area contributed by atoms with E-state index in [0.29, 0.717) is 0 Å². The van der Waals surface area contributed by atoms with Gasteiger partial charge in [-0.25, -0.2) is 0 Å². The smallest absolute Gasteiger partial charge is 0.378 e. The molecule has 0 aliphatic rings. The monoisotopic (exact) mass is 162 g/mol. The fourth-order valence-corrected chi connectivity index (χ4v) is 0.202. The van der Waals surface area contributed by atoms with E-state index in [1.165, 1.54) is 0 Å². The molecule has 4 heteroatoms. The van der Waals surface area contributed by atoms with Crippen molar-refractivity contribution in [3.8, 4) is 0 Å². The van der Waals surface area contributed by atoms with E-state index in [4.69, 9.17) is 0 Å². The number of rotatable bonds is 1. The van der Waals surface area contributed by atoms with Crippen LogP contribution in [0.4, 0.5) is 0 Å². The summed E-state index contributed by atoms with van der Waals surface area (Å²) in [6.45, 7) is 1.63. The highest BCUT2D eigenvalue weighted by molar-refractivity contribution is 9.10. The highest BCUT2D eigenvalue weighted by Gasteiger charge is 2.04. The summed E-state index contributed by atoms with van der Waals surface area (Å²) in [5.41, 5.74) is 0. The topological polar surface area (TPSA) is 26.3 Å². The van der Waals surface area contributed by atoms with Crippen molar-refractivity contribution in [2.75, 3.05) is 0 Å². The summed E-state index contributed by atoms with van der Waals surface area (Å²) in [5, 5.41) is 0. The maximum Gasteiger partial charge on any atom is 0.378 e. The highest BCUT2D eigenvalue weighted by Crippen LogP contribution is 1.97. The average Bonchev–Trinajstić information content (AvgIpc) is 1.65. The molecule has 0 amide bonds. The van der Waals surface area contributed by atoms with Gasteiger partial charge in [0.15, 0.2) is 0 Å². The summed E-state index contributed by atoms with van der Waals surface area (Å²) in [4.78, 5) is 9.81. The minimum Gasteiger partial charge on any atom is -0.543 e. The number of hydrogen-bond acceptors (Lipinski definition) is 2.